The zero-order valence-electron chi connectivity index (χ0n) is 13.8. The van der Waals surface area contributed by atoms with Gasteiger partial charge in [-0.3, -0.25) is 4.79 Å². The monoisotopic (exact) mass is 325 g/mol. The quantitative estimate of drug-likeness (QED) is 0.268. The van der Waals surface area contributed by atoms with E-state index in [1.165, 1.54) is 12.8 Å². The van der Waals surface area contributed by atoms with Crippen molar-refractivity contribution in [2.75, 3.05) is 0 Å². The lowest BCUT2D eigenvalue weighted by Gasteiger charge is -2.33. The Bertz CT molecular complexity index is 478. The van der Waals surface area contributed by atoms with Crippen LogP contribution >= 0.6 is 0 Å². The van der Waals surface area contributed by atoms with E-state index < -0.39 is 35.6 Å². The molecule has 2 bridgehead atoms. The molecule has 2 aliphatic rings. The zero-order chi connectivity index (χ0) is 17.0. The third-order valence-electron chi connectivity index (χ3n) is 4.73. The molecular weight excluding hydrogens is 298 g/mol. The smallest absolute Gasteiger partial charge is 0.349 e. The molecule has 23 heavy (non-hydrogen) atoms. The second kappa shape index (κ2) is 7.45. The second-order valence-electron chi connectivity index (χ2n) is 6.58. The number of esters is 1. The number of nitrogens with one attached hydrogen (secondary N) is 1. The van der Waals surface area contributed by atoms with Gasteiger partial charge in [-0.15, -0.1) is 0 Å². The van der Waals surface area contributed by atoms with E-state index >= 15 is 0 Å². The Balaban J connectivity index is 1.93. The molecule has 6 heteroatoms. The average Bonchev–Trinajstić information content (AvgIpc) is 2.73. The molecule has 0 spiro atoms. The van der Waals surface area contributed by atoms with E-state index in [0.29, 0.717) is 6.42 Å². The summed E-state index contributed by atoms with van der Waals surface area (Å²) in [6.07, 6.45) is 8.06. The number of rotatable bonds is 8. The van der Waals surface area contributed by atoms with Crippen LogP contribution in [0.2, 0.25) is 0 Å². The number of carbonyl (C=O) groups excluding carboxylic acids is 2. The fourth-order valence-corrected chi connectivity index (χ4v) is 3.27. The maximum Gasteiger partial charge on any atom is 0.349 e. The van der Waals surface area contributed by atoms with E-state index in [-0.39, 0.29) is 6.04 Å². The number of amides is 1. The predicted molar refractivity (Wildman–Crippen MR) is 84.4 cm³/mol. The summed E-state index contributed by atoms with van der Waals surface area (Å²) in [6, 6.07) is -0.366. The zero-order valence-corrected chi connectivity index (χ0v) is 13.8. The number of aliphatic hydroxyl groups is 2. The van der Waals surface area contributed by atoms with Gasteiger partial charge in [0.1, 0.15) is 6.10 Å². The number of unbranched alkanes of at least 4 members (excludes halogenated alkanes) is 4. The van der Waals surface area contributed by atoms with Crippen molar-refractivity contribution in [3.8, 4) is 0 Å². The summed E-state index contributed by atoms with van der Waals surface area (Å²) in [7, 11) is 0. The van der Waals surface area contributed by atoms with Crippen LogP contribution in [-0.2, 0) is 14.3 Å². The molecule has 0 saturated carbocycles. The fourth-order valence-electron chi connectivity index (χ4n) is 3.27. The van der Waals surface area contributed by atoms with Crippen molar-refractivity contribution in [2.24, 2.45) is 5.92 Å². The van der Waals surface area contributed by atoms with E-state index in [0.717, 1.165) is 19.3 Å². The van der Waals surface area contributed by atoms with E-state index in [9.17, 15) is 19.8 Å². The van der Waals surface area contributed by atoms with E-state index in [4.69, 9.17) is 4.74 Å². The van der Waals surface area contributed by atoms with Crippen molar-refractivity contribution >= 4 is 11.9 Å². The van der Waals surface area contributed by atoms with E-state index in [1.807, 2.05) is 0 Å². The number of hydrogen-bond acceptors (Lipinski definition) is 5. The summed E-state index contributed by atoms with van der Waals surface area (Å²) in [5.41, 5.74) is -2.17. The third kappa shape index (κ3) is 3.58. The molecule has 0 aromatic heterocycles. The molecule has 3 N–H and O–H groups in total. The molecule has 2 heterocycles. The Morgan fingerprint density at radius 1 is 1.30 bits per heavy atom. The first-order valence-electron chi connectivity index (χ1n) is 8.52. The Morgan fingerprint density at radius 2 is 2.00 bits per heavy atom. The minimum absolute atomic E-state index is 0.366. The Labute approximate surface area is 136 Å². The minimum atomic E-state index is -2.17. The number of ether oxygens (including phenoxy) is 1. The molecule has 0 aromatic rings. The van der Waals surface area contributed by atoms with E-state index in [1.54, 1.807) is 19.1 Å². The molecular formula is C17H27NO5. The van der Waals surface area contributed by atoms with Gasteiger partial charge >= 0.3 is 5.97 Å². The van der Waals surface area contributed by atoms with Gasteiger partial charge in [0.2, 0.25) is 0 Å². The van der Waals surface area contributed by atoms with Gasteiger partial charge < -0.3 is 20.3 Å². The van der Waals surface area contributed by atoms with Crippen LogP contribution in [0.25, 0.3) is 0 Å². The molecule has 5 unspecified atom stereocenters. The average molecular weight is 325 g/mol. The normalized spacial score (nSPS) is 34.5. The highest BCUT2D eigenvalue weighted by molar-refractivity contribution is 6.09. The SMILES string of the molecule is CCCCCCCC(O)C=CC1C2OC(=O)C1(O)C(=O)NC2C. The van der Waals surface area contributed by atoms with Crippen LogP contribution in [0.5, 0.6) is 0 Å². The van der Waals surface area contributed by atoms with Gasteiger partial charge in [-0.25, -0.2) is 4.79 Å². The second-order valence-corrected chi connectivity index (χ2v) is 6.58. The fraction of sp³-hybridized carbons (Fsp3) is 0.765. The molecule has 2 aliphatic heterocycles. The molecule has 2 fully saturated rings. The number of hydrogen-bond donors (Lipinski definition) is 3. The molecule has 0 radical (unpaired) electrons. The summed E-state index contributed by atoms with van der Waals surface area (Å²) in [6.45, 7) is 3.88. The summed E-state index contributed by atoms with van der Waals surface area (Å²) in [4.78, 5) is 23.8. The number of piperidine rings is 1. The molecule has 2 rings (SSSR count). The highest BCUT2D eigenvalue weighted by atomic mass is 16.6. The predicted octanol–water partition coefficient (Wildman–Crippen LogP) is 1.05. The van der Waals surface area contributed by atoms with Crippen molar-refractivity contribution in [3.63, 3.8) is 0 Å². The topological polar surface area (TPSA) is 95.9 Å². The molecule has 0 aliphatic carbocycles. The van der Waals surface area contributed by atoms with Crippen molar-refractivity contribution in [2.45, 2.75) is 76.2 Å². The Hall–Kier alpha value is -1.40. The lowest BCUT2D eigenvalue weighted by Crippen LogP contribution is -2.62. The maximum absolute atomic E-state index is 12.0. The number of carbonyl (C=O) groups is 2. The van der Waals surface area contributed by atoms with Crippen LogP contribution in [0, 0.1) is 5.92 Å². The van der Waals surface area contributed by atoms with Crippen LogP contribution in [0.3, 0.4) is 0 Å². The first-order chi connectivity index (χ1) is 10.9. The van der Waals surface area contributed by atoms with Crippen molar-refractivity contribution in [1.82, 2.24) is 5.32 Å². The highest BCUT2D eigenvalue weighted by Gasteiger charge is 2.65. The van der Waals surface area contributed by atoms with Gasteiger partial charge in [0.05, 0.1) is 18.1 Å². The molecule has 6 nitrogen and oxygen atoms in total. The van der Waals surface area contributed by atoms with Gasteiger partial charge in [-0.05, 0) is 13.3 Å². The summed E-state index contributed by atoms with van der Waals surface area (Å²) >= 11 is 0. The highest BCUT2D eigenvalue weighted by Crippen LogP contribution is 2.38. The van der Waals surface area contributed by atoms with Gasteiger partial charge in [0.15, 0.2) is 0 Å². The number of aliphatic hydroxyl groups excluding tert-OH is 1. The van der Waals surface area contributed by atoms with Crippen molar-refractivity contribution < 1.29 is 24.5 Å². The maximum atomic E-state index is 12.0. The van der Waals surface area contributed by atoms with Gasteiger partial charge in [-0.1, -0.05) is 51.2 Å². The summed E-state index contributed by atoms with van der Waals surface area (Å²) in [5.74, 6) is -2.39. The lowest BCUT2D eigenvalue weighted by atomic mass is 9.79. The standard InChI is InChI=1S/C17H27NO5/c1-3-4-5-6-7-8-12(19)9-10-13-14-11(2)18-15(20)17(13,22)16(21)23-14/h9-14,19,22H,3-8H2,1-2H3,(H,18,20). The van der Waals surface area contributed by atoms with Gasteiger partial charge in [0, 0.05) is 0 Å². The van der Waals surface area contributed by atoms with Crippen LogP contribution < -0.4 is 5.32 Å². The molecule has 5 atom stereocenters. The van der Waals surface area contributed by atoms with E-state index in [2.05, 4.69) is 12.2 Å². The molecule has 0 aromatic carbocycles. The summed E-state index contributed by atoms with van der Waals surface area (Å²) < 4.78 is 5.14. The molecule has 2 saturated heterocycles. The van der Waals surface area contributed by atoms with Crippen LogP contribution in [0.1, 0.15) is 52.4 Å². The Kier molecular flexibility index (Phi) is 5.81. The third-order valence-corrected chi connectivity index (χ3v) is 4.73. The molecule has 130 valence electrons. The largest absolute Gasteiger partial charge is 0.457 e. The molecule has 1 amide bonds. The van der Waals surface area contributed by atoms with Crippen molar-refractivity contribution in [1.29, 1.82) is 0 Å². The van der Waals surface area contributed by atoms with Crippen molar-refractivity contribution in [3.05, 3.63) is 12.2 Å². The number of fused-ring (bicyclic) bond motifs is 2. The first-order valence-corrected chi connectivity index (χ1v) is 8.52. The van der Waals surface area contributed by atoms with Crippen LogP contribution in [0.4, 0.5) is 0 Å². The van der Waals surface area contributed by atoms with Gasteiger partial charge in [0.25, 0.3) is 11.5 Å². The summed E-state index contributed by atoms with van der Waals surface area (Å²) in [5, 5.41) is 23.0. The van der Waals surface area contributed by atoms with Gasteiger partial charge in [-0.2, -0.15) is 0 Å². The first kappa shape index (κ1) is 17.9. The minimum Gasteiger partial charge on any atom is -0.457 e. The van der Waals surface area contributed by atoms with Crippen LogP contribution in [-0.4, -0.2) is 45.9 Å². The Morgan fingerprint density at radius 3 is 2.70 bits per heavy atom. The van der Waals surface area contributed by atoms with Crippen LogP contribution in [0.15, 0.2) is 12.2 Å². The lowest BCUT2D eigenvalue weighted by molar-refractivity contribution is -0.160.